The quantitative estimate of drug-likeness (QED) is 0.219. The number of thioether (sulfide) groups is 1. The van der Waals surface area contributed by atoms with Gasteiger partial charge >= 0.3 is 0 Å². The van der Waals surface area contributed by atoms with Gasteiger partial charge in [-0.2, -0.15) is 4.98 Å². The van der Waals surface area contributed by atoms with Gasteiger partial charge in [0.25, 0.3) is 5.56 Å². The van der Waals surface area contributed by atoms with E-state index in [2.05, 4.69) is 44.5 Å². The van der Waals surface area contributed by atoms with Crippen molar-refractivity contribution in [3.05, 3.63) is 92.9 Å². The van der Waals surface area contributed by atoms with Crippen LogP contribution < -0.4 is 21.1 Å². The van der Waals surface area contributed by atoms with Gasteiger partial charge in [-0.05, 0) is 67.0 Å². The highest BCUT2D eigenvalue weighted by Crippen LogP contribution is 2.30. The lowest BCUT2D eigenvalue weighted by Crippen LogP contribution is -2.43. The van der Waals surface area contributed by atoms with Gasteiger partial charge in [-0.1, -0.05) is 47.7 Å². The van der Waals surface area contributed by atoms with E-state index in [4.69, 9.17) is 16.6 Å². The fourth-order valence-corrected chi connectivity index (χ4v) is 6.18. The fourth-order valence-electron chi connectivity index (χ4n) is 5.27. The van der Waals surface area contributed by atoms with Crippen molar-refractivity contribution in [2.24, 2.45) is 0 Å². The molecule has 0 atom stereocenters. The molecule has 1 saturated heterocycles. The van der Waals surface area contributed by atoms with Gasteiger partial charge in [0.1, 0.15) is 5.65 Å². The monoisotopic (exact) mass is 582 g/mol. The Hall–Kier alpha value is -3.77. The summed E-state index contributed by atoms with van der Waals surface area (Å²) in [5.41, 5.74) is 4.79. The van der Waals surface area contributed by atoms with Crippen molar-refractivity contribution in [2.45, 2.75) is 30.7 Å². The zero-order chi connectivity index (χ0) is 28.2. The molecule has 0 unspecified atom stereocenters. The number of fused-ring (bicyclic) bond motifs is 1. The van der Waals surface area contributed by atoms with Crippen LogP contribution in [0, 0.1) is 11.8 Å². The molecule has 208 valence electrons. The zero-order valence-electron chi connectivity index (χ0n) is 22.9. The first-order valence-electron chi connectivity index (χ1n) is 13.8. The van der Waals surface area contributed by atoms with E-state index >= 15 is 0 Å². The smallest absolute Gasteiger partial charge is 0.268 e. The molecule has 2 aromatic heterocycles. The van der Waals surface area contributed by atoms with Crippen molar-refractivity contribution < 1.29 is 0 Å². The first-order chi connectivity index (χ1) is 20.1. The van der Waals surface area contributed by atoms with Crippen molar-refractivity contribution >= 4 is 51.7 Å². The van der Waals surface area contributed by atoms with Crippen LogP contribution in [0.25, 0.3) is 11.0 Å². The van der Waals surface area contributed by atoms with Gasteiger partial charge in [0.2, 0.25) is 5.95 Å². The van der Waals surface area contributed by atoms with Crippen molar-refractivity contribution in [3.8, 4) is 11.8 Å². The first-order valence-corrected chi connectivity index (χ1v) is 15.4. The molecule has 7 nitrogen and oxygen atoms in total. The summed E-state index contributed by atoms with van der Waals surface area (Å²) in [6, 6.07) is 15.8. The summed E-state index contributed by atoms with van der Waals surface area (Å²) in [5.74, 6) is 6.75. The van der Waals surface area contributed by atoms with Crippen LogP contribution in [0.3, 0.4) is 0 Å². The highest BCUT2D eigenvalue weighted by atomic mass is 35.5. The number of benzene rings is 2. The molecule has 6 rings (SSSR count). The molecule has 2 aromatic carbocycles. The molecule has 9 heteroatoms. The average Bonchev–Trinajstić information content (AvgIpc) is 3.52. The van der Waals surface area contributed by atoms with Gasteiger partial charge in [0.15, 0.2) is 0 Å². The van der Waals surface area contributed by atoms with Crippen molar-refractivity contribution in [2.75, 3.05) is 42.7 Å². The third kappa shape index (κ3) is 6.13. The normalized spacial score (nSPS) is 15.0. The minimum Gasteiger partial charge on any atom is -0.368 e. The van der Waals surface area contributed by atoms with E-state index in [1.807, 2.05) is 42.7 Å². The Labute approximate surface area is 249 Å². The third-order valence-electron chi connectivity index (χ3n) is 7.41. The number of halogens is 1. The minimum atomic E-state index is -0.160. The molecule has 41 heavy (non-hydrogen) atoms. The predicted octanol–water partition coefficient (Wildman–Crippen LogP) is 5.83. The third-order valence-corrected chi connectivity index (χ3v) is 8.55. The second kappa shape index (κ2) is 12.4. The lowest BCUT2D eigenvalue weighted by molar-refractivity contribution is 0.589. The van der Waals surface area contributed by atoms with Crippen LogP contribution in [-0.4, -0.2) is 47.0 Å². The van der Waals surface area contributed by atoms with E-state index in [1.54, 1.807) is 28.6 Å². The molecule has 3 heterocycles. The molecule has 0 saturated carbocycles. The molecular weight excluding hydrogens is 552 g/mol. The van der Waals surface area contributed by atoms with Gasteiger partial charge in [-0.3, -0.25) is 9.36 Å². The molecule has 1 aliphatic carbocycles. The second-order valence-electron chi connectivity index (χ2n) is 10.1. The summed E-state index contributed by atoms with van der Waals surface area (Å²) >= 11 is 8.34. The number of nitrogens with one attached hydrogen (secondary N) is 2. The van der Waals surface area contributed by atoms with Crippen LogP contribution >= 0.6 is 23.4 Å². The van der Waals surface area contributed by atoms with Crippen LogP contribution in [0.15, 0.2) is 76.1 Å². The molecule has 2 aliphatic rings. The number of hydrogen-bond donors (Lipinski definition) is 2. The van der Waals surface area contributed by atoms with Crippen LogP contribution in [0.1, 0.15) is 30.4 Å². The zero-order valence-corrected chi connectivity index (χ0v) is 24.5. The second-order valence-corrected chi connectivity index (χ2v) is 11.4. The Balaban J connectivity index is 1.37. The fraction of sp³-hybridized carbons (Fsp3) is 0.281. The summed E-state index contributed by atoms with van der Waals surface area (Å²) in [6.07, 6.45) is 9.08. The van der Waals surface area contributed by atoms with Crippen molar-refractivity contribution in [1.82, 2.24) is 19.9 Å². The number of nitrogens with zero attached hydrogens (tertiary/aromatic N) is 4. The maximum Gasteiger partial charge on any atom is 0.268 e. The molecule has 0 bridgehead atoms. The Kier molecular flexibility index (Phi) is 8.28. The van der Waals surface area contributed by atoms with Crippen LogP contribution in [0.2, 0.25) is 5.02 Å². The topological polar surface area (TPSA) is 75.1 Å². The molecule has 0 spiro atoms. The van der Waals surface area contributed by atoms with Crippen molar-refractivity contribution in [1.29, 1.82) is 0 Å². The minimum absolute atomic E-state index is 0.160. The number of aromatic nitrogens is 3. The lowest BCUT2D eigenvalue weighted by Gasteiger charge is -2.30. The standard InChI is InChI=1S/C32H31ClN6OS/c1-41-29-9-5-4-8-24(29)21-39-30-25(18-23(31(39)40)11-10-22-6-2-3-7-22)20-35-32(37-30)36-26-12-13-28(27(33)19-26)38-16-14-34-15-17-38/h4-6,8-9,12-13,18-20,34H,2-3,7,14-17,21H2,1H3,(H,35,36,37). The van der Waals surface area contributed by atoms with Crippen LogP contribution in [0.4, 0.5) is 17.3 Å². The number of allylic oxidation sites excluding steroid dienone is 2. The summed E-state index contributed by atoms with van der Waals surface area (Å²) < 4.78 is 1.71. The molecule has 4 aromatic rings. The van der Waals surface area contributed by atoms with Crippen molar-refractivity contribution in [3.63, 3.8) is 0 Å². The van der Waals surface area contributed by atoms with Gasteiger partial charge in [0, 0.05) is 48.3 Å². The van der Waals surface area contributed by atoms with E-state index in [0.29, 0.717) is 28.7 Å². The van der Waals surface area contributed by atoms with E-state index in [0.717, 1.165) is 78.2 Å². The molecule has 1 fully saturated rings. The van der Waals surface area contributed by atoms with E-state index in [1.165, 1.54) is 0 Å². The molecule has 2 N–H and O–H groups in total. The first kappa shape index (κ1) is 27.4. The molecule has 1 aliphatic heterocycles. The van der Waals surface area contributed by atoms with E-state index < -0.39 is 0 Å². The van der Waals surface area contributed by atoms with E-state index in [9.17, 15) is 4.79 Å². The van der Waals surface area contributed by atoms with Crippen LogP contribution in [-0.2, 0) is 6.54 Å². The Morgan fingerprint density at radius 3 is 2.76 bits per heavy atom. The number of rotatable bonds is 6. The summed E-state index contributed by atoms with van der Waals surface area (Å²) in [5, 5.41) is 8.08. The lowest BCUT2D eigenvalue weighted by atomic mass is 10.1. The largest absolute Gasteiger partial charge is 0.368 e. The van der Waals surface area contributed by atoms with Gasteiger partial charge in [0.05, 0.1) is 22.8 Å². The molecule has 0 amide bonds. The van der Waals surface area contributed by atoms with E-state index in [-0.39, 0.29) is 5.56 Å². The molecular formula is C32H31ClN6OS. The van der Waals surface area contributed by atoms with Gasteiger partial charge in [-0.15, -0.1) is 11.8 Å². The Morgan fingerprint density at radius 1 is 1.12 bits per heavy atom. The summed E-state index contributed by atoms with van der Waals surface area (Å²) in [4.78, 5) is 26.6. The number of hydrogen-bond acceptors (Lipinski definition) is 7. The Morgan fingerprint density at radius 2 is 1.98 bits per heavy atom. The summed E-state index contributed by atoms with van der Waals surface area (Å²) in [6.45, 7) is 4.10. The van der Waals surface area contributed by atoms with Gasteiger partial charge < -0.3 is 15.5 Å². The SMILES string of the molecule is CSc1ccccc1Cn1c(=O)c(C#CC2=CCCC2)cc2cnc(Nc3ccc(N4CCNCC4)c(Cl)c3)nc21. The molecule has 0 radical (unpaired) electrons. The highest BCUT2D eigenvalue weighted by Gasteiger charge is 2.16. The average molecular weight is 583 g/mol. The van der Waals surface area contributed by atoms with Crippen LogP contribution in [0.5, 0.6) is 0 Å². The number of anilines is 3. The maximum absolute atomic E-state index is 13.8. The number of piperazine rings is 1. The highest BCUT2D eigenvalue weighted by molar-refractivity contribution is 7.98. The number of pyridine rings is 1. The van der Waals surface area contributed by atoms with Gasteiger partial charge in [-0.25, -0.2) is 4.98 Å². The summed E-state index contributed by atoms with van der Waals surface area (Å²) in [7, 11) is 0. The predicted molar refractivity (Wildman–Crippen MR) is 170 cm³/mol. The maximum atomic E-state index is 13.8. The Bertz CT molecular complexity index is 1750.